The molecule has 3 heterocycles. The zero-order valence-corrected chi connectivity index (χ0v) is 16.4. The van der Waals surface area contributed by atoms with E-state index in [4.69, 9.17) is 10.5 Å². The highest BCUT2D eigenvalue weighted by Gasteiger charge is 2.55. The van der Waals surface area contributed by atoms with Gasteiger partial charge in [-0.25, -0.2) is 4.79 Å². The van der Waals surface area contributed by atoms with E-state index in [-0.39, 0.29) is 11.5 Å². The number of aliphatic carboxylic acids is 1. The van der Waals surface area contributed by atoms with Crippen molar-refractivity contribution in [2.24, 2.45) is 5.73 Å². The highest BCUT2D eigenvalue weighted by Crippen LogP contribution is 2.40. The number of ether oxygens (including phenoxy) is 1. The number of amides is 2. The number of carboxylic acid groups (broad SMARTS) is 1. The monoisotopic (exact) mass is 419 g/mol. The standard InChI is InChI=1S/C18H17N3O5S2/c1-26-10-7-28-17-13(16(23)21(17)14(10)18(24)25)20-15(22)12(19)9-3-2-8-4-5-27-11(8)6-9/h2-6,12-13,17H,7,19H2,1H3,(H,20,22)(H,24,25)/t12?,13-,17-/m1/s1. The maximum atomic E-state index is 12.6. The van der Waals surface area contributed by atoms with Crippen LogP contribution in [0.1, 0.15) is 11.6 Å². The van der Waals surface area contributed by atoms with Crippen molar-refractivity contribution < 1.29 is 24.2 Å². The van der Waals surface area contributed by atoms with Gasteiger partial charge < -0.3 is 20.9 Å². The van der Waals surface area contributed by atoms with Crippen LogP contribution in [0.3, 0.4) is 0 Å². The quantitative estimate of drug-likeness (QED) is 0.623. The SMILES string of the molecule is COC1=C(C(=O)O)N2C(=O)[C@@H](NC(=O)C(N)c3ccc4ccsc4c3)[C@H]2SC1. The predicted octanol–water partition coefficient (Wildman–Crippen LogP) is 1.24. The van der Waals surface area contributed by atoms with E-state index in [2.05, 4.69) is 5.32 Å². The number of nitrogens with two attached hydrogens (primary N) is 1. The Morgan fingerprint density at radius 3 is 2.89 bits per heavy atom. The van der Waals surface area contributed by atoms with Gasteiger partial charge in [-0.05, 0) is 28.5 Å². The minimum atomic E-state index is -1.23. The molecule has 0 bridgehead atoms. The molecule has 0 radical (unpaired) electrons. The number of carboxylic acids is 1. The van der Waals surface area contributed by atoms with Crippen molar-refractivity contribution in [1.82, 2.24) is 10.2 Å². The first-order chi connectivity index (χ1) is 13.4. The van der Waals surface area contributed by atoms with Crippen molar-refractivity contribution in [2.45, 2.75) is 17.5 Å². The number of carbonyl (C=O) groups excluding carboxylic acids is 2. The topological polar surface area (TPSA) is 122 Å². The molecule has 4 rings (SSSR count). The van der Waals surface area contributed by atoms with Gasteiger partial charge in [0.05, 0.1) is 12.9 Å². The van der Waals surface area contributed by atoms with Crippen molar-refractivity contribution in [3.05, 3.63) is 46.7 Å². The number of benzene rings is 1. The summed E-state index contributed by atoms with van der Waals surface area (Å²) in [7, 11) is 1.37. The summed E-state index contributed by atoms with van der Waals surface area (Å²) in [4.78, 5) is 37.8. The summed E-state index contributed by atoms with van der Waals surface area (Å²) in [5.74, 6) is -1.67. The van der Waals surface area contributed by atoms with E-state index < -0.39 is 35.2 Å². The number of hydrogen-bond donors (Lipinski definition) is 3. The number of β-lactam (4-membered cyclic amide) rings is 1. The van der Waals surface area contributed by atoms with Gasteiger partial charge in [-0.1, -0.05) is 12.1 Å². The van der Waals surface area contributed by atoms with Crippen LogP contribution in [0.4, 0.5) is 0 Å². The van der Waals surface area contributed by atoms with E-state index in [0.717, 1.165) is 15.0 Å². The van der Waals surface area contributed by atoms with Gasteiger partial charge in [-0.15, -0.1) is 23.1 Å². The molecule has 2 aromatic rings. The number of thiophene rings is 1. The molecule has 10 heteroatoms. The summed E-state index contributed by atoms with van der Waals surface area (Å²) in [5, 5.41) is 14.6. The van der Waals surface area contributed by atoms with E-state index in [0.29, 0.717) is 11.3 Å². The van der Waals surface area contributed by atoms with Gasteiger partial charge >= 0.3 is 5.97 Å². The molecule has 1 aromatic carbocycles. The van der Waals surface area contributed by atoms with E-state index in [1.165, 1.54) is 18.9 Å². The van der Waals surface area contributed by atoms with Crippen LogP contribution in [-0.4, -0.2) is 52.1 Å². The van der Waals surface area contributed by atoms with Gasteiger partial charge in [-0.3, -0.25) is 14.5 Å². The lowest BCUT2D eigenvalue weighted by atomic mass is 10.0. The van der Waals surface area contributed by atoms with Gasteiger partial charge in [0.2, 0.25) is 5.91 Å². The first kappa shape index (κ1) is 18.8. The minimum absolute atomic E-state index is 0.172. The van der Waals surface area contributed by atoms with Crippen LogP contribution in [0, 0.1) is 0 Å². The summed E-state index contributed by atoms with van der Waals surface area (Å²) < 4.78 is 6.11. The van der Waals surface area contributed by atoms with Crippen LogP contribution < -0.4 is 11.1 Å². The lowest BCUT2D eigenvalue weighted by Gasteiger charge is -2.49. The Balaban J connectivity index is 1.49. The molecular formula is C18H17N3O5S2. The first-order valence-electron chi connectivity index (χ1n) is 8.40. The molecule has 2 amide bonds. The molecule has 0 saturated carbocycles. The fourth-order valence-corrected chi connectivity index (χ4v) is 5.46. The van der Waals surface area contributed by atoms with Crippen molar-refractivity contribution in [3.8, 4) is 0 Å². The molecule has 0 aliphatic carbocycles. The van der Waals surface area contributed by atoms with E-state index in [1.807, 2.05) is 23.6 Å². The molecule has 4 N–H and O–H groups in total. The predicted molar refractivity (Wildman–Crippen MR) is 105 cm³/mol. The molecule has 28 heavy (non-hydrogen) atoms. The van der Waals surface area contributed by atoms with Gasteiger partial charge in [0.25, 0.3) is 5.91 Å². The fraction of sp³-hybridized carbons (Fsp3) is 0.278. The van der Waals surface area contributed by atoms with Crippen LogP contribution in [0.15, 0.2) is 41.1 Å². The van der Waals surface area contributed by atoms with Crippen LogP contribution in [0.5, 0.6) is 0 Å². The Hall–Kier alpha value is -2.56. The number of methoxy groups -OCH3 is 1. The third-order valence-corrected chi connectivity index (χ3v) is 6.93. The zero-order chi connectivity index (χ0) is 20.0. The highest BCUT2D eigenvalue weighted by atomic mass is 32.2. The summed E-state index contributed by atoms with van der Waals surface area (Å²) in [5.41, 5.74) is 6.58. The molecule has 1 unspecified atom stereocenters. The van der Waals surface area contributed by atoms with Crippen molar-refractivity contribution >= 4 is 51.0 Å². The molecule has 8 nitrogen and oxygen atoms in total. The van der Waals surface area contributed by atoms with Crippen LogP contribution in [0.25, 0.3) is 10.1 Å². The van der Waals surface area contributed by atoms with Crippen LogP contribution in [0.2, 0.25) is 0 Å². The molecule has 2 aliphatic heterocycles. The van der Waals surface area contributed by atoms with Crippen molar-refractivity contribution in [1.29, 1.82) is 0 Å². The maximum absolute atomic E-state index is 12.6. The third-order valence-electron chi connectivity index (χ3n) is 4.80. The average Bonchev–Trinajstić information content (AvgIpc) is 3.17. The van der Waals surface area contributed by atoms with Gasteiger partial charge in [0, 0.05) is 4.70 Å². The normalized spacial score (nSPS) is 22.5. The summed E-state index contributed by atoms with van der Waals surface area (Å²) in [6, 6.07) is 5.80. The minimum Gasteiger partial charge on any atom is -0.498 e. The number of nitrogens with one attached hydrogen (secondary N) is 1. The number of thioether (sulfide) groups is 1. The molecule has 1 fully saturated rings. The number of nitrogens with zero attached hydrogens (tertiary/aromatic N) is 1. The second-order valence-corrected chi connectivity index (χ2v) is 8.43. The third kappa shape index (κ3) is 2.93. The second-order valence-electron chi connectivity index (χ2n) is 6.37. The smallest absolute Gasteiger partial charge is 0.356 e. The molecule has 1 saturated heterocycles. The Kier molecular flexibility index (Phi) is 4.77. The lowest BCUT2D eigenvalue weighted by molar-refractivity contribution is -0.151. The molecule has 2 aliphatic rings. The number of hydrogen-bond acceptors (Lipinski definition) is 7. The molecule has 3 atom stereocenters. The average molecular weight is 419 g/mol. The van der Waals surface area contributed by atoms with E-state index in [1.54, 1.807) is 17.4 Å². The van der Waals surface area contributed by atoms with Crippen molar-refractivity contribution in [2.75, 3.05) is 12.9 Å². The van der Waals surface area contributed by atoms with Crippen LogP contribution >= 0.6 is 23.1 Å². The molecule has 0 spiro atoms. The number of rotatable bonds is 5. The Morgan fingerprint density at radius 2 is 2.18 bits per heavy atom. The summed E-state index contributed by atoms with van der Waals surface area (Å²) in [6.45, 7) is 0. The number of carbonyl (C=O) groups is 3. The Morgan fingerprint density at radius 1 is 1.39 bits per heavy atom. The van der Waals surface area contributed by atoms with Gasteiger partial charge in [0.15, 0.2) is 5.70 Å². The molecular weight excluding hydrogens is 402 g/mol. The highest BCUT2D eigenvalue weighted by molar-refractivity contribution is 8.00. The number of fused-ring (bicyclic) bond motifs is 2. The largest absolute Gasteiger partial charge is 0.498 e. The van der Waals surface area contributed by atoms with E-state index >= 15 is 0 Å². The van der Waals surface area contributed by atoms with Crippen molar-refractivity contribution in [3.63, 3.8) is 0 Å². The molecule has 146 valence electrons. The zero-order valence-electron chi connectivity index (χ0n) is 14.7. The lowest BCUT2D eigenvalue weighted by Crippen LogP contribution is -2.71. The Labute approximate surface area is 168 Å². The first-order valence-corrected chi connectivity index (χ1v) is 10.3. The second kappa shape index (κ2) is 7.12. The van der Waals surface area contributed by atoms with E-state index in [9.17, 15) is 19.5 Å². The summed E-state index contributed by atoms with van der Waals surface area (Å²) in [6.07, 6.45) is 0. The molecule has 1 aromatic heterocycles. The Bertz CT molecular complexity index is 1020. The van der Waals surface area contributed by atoms with Crippen LogP contribution in [-0.2, 0) is 19.1 Å². The van der Waals surface area contributed by atoms with Gasteiger partial charge in [0.1, 0.15) is 23.2 Å². The maximum Gasteiger partial charge on any atom is 0.356 e. The van der Waals surface area contributed by atoms with Gasteiger partial charge in [-0.2, -0.15) is 0 Å². The fourth-order valence-electron chi connectivity index (χ4n) is 3.31. The summed E-state index contributed by atoms with van der Waals surface area (Å²) >= 11 is 2.89.